The number of rotatable bonds is 6. The Kier molecular flexibility index (Phi) is 5.61. The van der Waals surface area contributed by atoms with Crippen molar-refractivity contribution in [3.05, 3.63) is 0 Å². The zero-order valence-corrected chi connectivity index (χ0v) is 10.6. The molecule has 0 aromatic heterocycles. The van der Waals surface area contributed by atoms with Gasteiger partial charge in [0.1, 0.15) is 0 Å². The van der Waals surface area contributed by atoms with Crippen LogP contribution in [0.2, 0.25) is 0 Å². The zero-order valence-electron chi connectivity index (χ0n) is 9.75. The van der Waals surface area contributed by atoms with Gasteiger partial charge in [-0.05, 0) is 19.3 Å². The Hall–Kier alpha value is 0.0200. The van der Waals surface area contributed by atoms with Gasteiger partial charge in [-0.2, -0.15) is 0 Å². The minimum absolute atomic E-state index is 0.631. The standard InChI is InChI=1S/C12H23NS/c1-4-7-10-11(8-5-2)14-12(13-10)9-6-3/h10-11H,4-9H2,1-3H3/t10-,11-/m0/s1. The predicted octanol–water partition coefficient (Wildman–Crippen LogP) is 4.27. The van der Waals surface area contributed by atoms with E-state index in [0.29, 0.717) is 6.04 Å². The molecular weight excluding hydrogens is 190 g/mol. The Morgan fingerprint density at radius 2 is 1.79 bits per heavy atom. The Bertz CT molecular complexity index is 189. The Morgan fingerprint density at radius 1 is 1.07 bits per heavy atom. The van der Waals surface area contributed by atoms with Crippen LogP contribution in [0, 0.1) is 0 Å². The van der Waals surface area contributed by atoms with Crippen LogP contribution in [0.25, 0.3) is 0 Å². The first-order valence-corrected chi connectivity index (χ1v) is 6.93. The smallest absolute Gasteiger partial charge is 0.0683 e. The van der Waals surface area contributed by atoms with Gasteiger partial charge in [0.05, 0.1) is 11.1 Å². The maximum atomic E-state index is 4.85. The number of hydrogen-bond acceptors (Lipinski definition) is 2. The lowest BCUT2D eigenvalue weighted by Gasteiger charge is -2.14. The molecule has 1 nitrogen and oxygen atoms in total. The number of aliphatic imine (C=N–C) groups is 1. The highest BCUT2D eigenvalue weighted by atomic mass is 32.2. The fraction of sp³-hybridized carbons (Fsp3) is 0.917. The summed E-state index contributed by atoms with van der Waals surface area (Å²) in [7, 11) is 0. The summed E-state index contributed by atoms with van der Waals surface area (Å²) in [6.45, 7) is 6.79. The maximum Gasteiger partial charge on any atom is 0.0683 e. The molecule has 0 fully saturated rings. The van der Waals surface area contributed by atoms with Crippen LogP contribution in [0.5, 0.6) is 0 Å². The molecule has 0 aromatic carbocycles. The van der Waals surface area contributed by atoms with Crippen molar-refractivity contribution < 1.29 is 0 Å². The molecule has 0 amide bonds. The molecular formula is C12H23NS. The highest BCUT2D eigenvalue weighted by molar-refractivity contribution is 8.14. The van der Waals surface area contributed by atoms with E-state index in [2.05, 4.69) is 32.5 Å². The van der Waals surface area contributed by atoms with Crippen molar-refractivity contribution in [2.45, 2.75) is 70.6 Å². The summed E-state index contributed by atoms with van der Waals surface area (Å²) in [5.74, 6) is 0. The molecule has 0 aliphatic carbocycles. The lowest BCUT2D eigenvalue weighted by atomic mass is 10.1. The highest BCUT2D eigenvalue weighted by Gasteiger charge is 2.27. The van der Waals surface area contributed by atoms with Gasteiger partial charge in [0, 0.05) is 5.25 Å². The van der Waals surface area contributed by atoms with Crippen molar-refractivity contribution in [2.75, 3.05) is 0 Å². The van der Waals surface area contributed by atoms with E-state index < -0.39 is 0 Å². The van der Waals surface area contributed by atoms with E-state index in [-0.39, 0.29) is 0 Å². The Labute approximate surface area is 92.8 Å². The highest BCUT2D eigenvalue weighted by Crippen LogP contribution is 2.34. The van der Waals surface area contributed by atoms with Crippen molar-refractivity contribution in [3.63, 3.8) is 0 Å². The van der Waals surface area contributed by atoms with E-state index in [4.69, 9.17) is 4.99 Å². The third-order valence-electron chi connectivity index (χ3n) is 2.65. The average molecular weight is 213 g/mol. The van der Waals surface area contributed by atoms with Gasteiger partial charge in [-0.3, -0.25) is 4.99 Å². The number of hydrogen-bond donors (Lipinski definition) is 0. The van der Waals surface area contributed by atoms with Crippen molar-refractivity contribution in [3.8, 4) is 0 Å². The average Bonchev–Trinajstić information content (AvgIpc) is 2.50. The molecule has 0 saturated heterocycles. The summed E-state index contributed by atoms with van der Waals surface area (Å²) in [6, 6.07) is 0.631. The van der Waals surface area contributed by atoms with Gasteiger partial charge in [0.25, 0.3) is 0 Å². The second-order valence-corrected chi connectivity index (χ2v) is 5.39. The van der Waals surface area contributed by atoms with Gasteiger partial charge in [-0.15, -0.1) is 11.8 Å². The van der Waals surface area contributed by atoms with Gasteiger partial charge >= 0.3 is 0 Å². The van der Waals surface area contributed by atoms with Crippen LogP contribution in [0.4, 0.5) is 0 Å². The van der Waals surface area contributed by atoms with Gasteiger partial charge in [0.2, 0.25) is 0 Å². The van der Waals surface area contributed by atoms with E-state index in [1.165, 1.54) is 43.6 Å². The summed E-state index contributed by atoms with van der Waals surface area (Å²) in [5, 5.41) is 2.21. The van der Waals surface area contributed by atoms with Crippen LogP contribution in [0.3, 0.4) is 0 Å². The first kappa shape index (κ1) is 12.1. The summed E-state index contributed by atoms with van der Waals surface area (Å²) in [4.78, 5) is 4.85. The third kappa shape index (κ3) is 3.30. The van der Waals surface area contributed by atoms with Crippen LogP contribution in [0.1, 0.15) is 59.3 Å². The quantitative estimate of drug-likeness (QED) is 0.642. The fourth-order valence-electron chi connectivity index (χ4n) is 1.97. The SMILES string of the molecule is CCCC1=N[C@@H](CCC)[C@H](CCC)S1. The Balaban J connectivity index is 2.47. The maximum absolute atomic E-state index is 4.85. The summed E-state index contributed by atoms with van der Waals surface area (Å²) in [5.41, 5.74) is 0. The van der Waals surface area contributed by atoms with Gasteiger partial charge < -0.3 is 0 Å². The molecule has 14 heavy (non-hydrogen) atoms. The van der Waals surface area contributed by atoms with Crippen molar-refractivity contribution >= 4 is 16.8 Å². The monoisotopic (exact) mass is 213 g/mol. The summed E-state index contributed by atoms with van der Waals surface area (Å²) < 4.78 is 0. The van der Waals surface area contributed by atoms with Crippen LogP contribution >= 0.6 is 11.8 Å². The lowest BCUT2D eigenvalue weighted by Crippen LogP contribution is -2.16. The molecule has 1 heterocycles. The molecule has 1 aliphatic rings. The normalized spacial score (nSPS) is 26.6. The minimum Gasteiger partial charge on any atom is -0.278 e. The van der Waals surface area contributed by atoms with E-state index >= 15 is 0 Å². The molecule has 1 aliphatic heterocycles. The molecule has 0 saturated carbocycles. The Morgan fingerprint density at radius 3 is 2.36 bits per heavy atom. The summed E-state index contributed by atoms with van der Waals surface area (Å²) in [6.07, 6.45) is 7.63. The van der Waals surface area contributed by atoms with E-state index in [9.17, 15) is 0 Å². The number of nitrogens with zero attached hydrogens (tertiary/aromatic N) is 1. The van der Waals surface area contributed by atoms with E-state index in [1.54, 1.807) is 0 Å². The second kappa shape index (κ2) is 6.49. The molecule has 2 heteroatoms. The molecule has 0 N–H and O–H groups in total. The van der Waals surface area contributed by atoms with Crippen LogP contribution in [0.15, 0.2) is 4.99 Å². The molecule has 0 unspecified atom stereocenters. The van der Waals surface area contributed by atoms with Crippen LogP contribution in [-0.4, -0.2) is 16.3 Å². The number of thioether (sulfide) groups is 1. The van der Waals surface area contributed by atoms with Crippen LogP contribution in [-0.2, 0) is 0 Å². The second-order valence-electron chi connectivity index (χ2n) is 4.07. The van der Waals surface area contributed by atoms with E-state index in [0.717, 1.165) is 5.25 Å². The molecule has 0 radical (unpaired) electrons. The molecule has 0 spiro atoms. The molecule has 0 bridgehead atoms. The molecule has 2 atom stereocenters. The fourth-order valence-corrected chi connectivity index (χ4v) is 3.55. The first-order chi connectivity index (χ1) is 6.81. The van der Waals surface area contributed by atoms with Crippen molar-refractivity contribution in [1.82, 2.24) is 0 Å². The molecule has 0 aromatic rings. The predicted molar refractivity (Wildman–Crippen MR) is 67.3 cm³/mol. The zero-order chi connectivity index (χ0) is 10.4. The van der Waals surface area contributed by atoms with Crippen LogP contribution < -0.4 is 0 Å². The minimum atomic E-state index is 0.631. The third-order valence-corrected chi connectivity index (χ3v) is 4.08. The first-order valence-electron chi connectivity index (χ1n) is 6.05. The van der Waals surface area contributed by atoms with Gasteiger partial charge in [-0.1, -0.05) is 40.0 Å². The summed E-state index contributed by atoms with van der Waals surface area (Å²) >= 11 is 2.06. The topological polar surface area (TPSA) is 12.4 Å². The van der Waals surface area contributed by atoms with Gasteiger partial charge in [0.15, 0.2) is 0 Å². The van der Waals surface area contributed by atoms with Crippen molar-refractivity contribution in [2.24, 2.45) is 4.99 Å². The molecule has 1 rings (SSSR count). The molecule has 82 valence electrons. The largest absolute Gasteiger partial charge is 0.278 e. The van der Waals surface area contributed by atoms with Crippen molar-refractivity contribution in [1.29, 1.82) is 0 Å². The van der Waals surface area contributed by atoms with E-state index in [1.807, 2.05) is 0 Å². The van der Waals surface area contributed by atoms with Gasteiger partial charge in [-0.25, -0.2) is 0 Å². The lowest BCUT2D eigenvalue weighted by molar-refractivity contribution is 0.559.